The van der Waals surface area contributed by atoms with Crippen LogP contribution in [0.4, 0.5) is 38.1 Å². The van der Waals surface area contributed by atoms with Gasteiger partial charge in [0.05, 0.1) is 36.0 Å². The number of halogens is 6. The standard InChI is InChI=1S/C28H35ClF5N5O3/c1-3-17(2)22(16-40)37-27(42)35-15-18-4-6-20(25(31)24(18)30)26(41)36-21-7-5-19(29)14-23(21)39-12-10-38(11-13-39)9-8-28(32,33)34/h4-7,14,17,22,40H,3,8-13,15-16H2,1-2H3,(H,36,41)(H2,35,37,42)/t17-,22+/m0/s1. The van der Waals surface area contributed by atoms with Crippen molar-refractivity contribution in [2.45, 2.75) is 45.5 Å². The molecule has 2 aromatic rings. The summed E-state index contributed by atoms with van der Waals surface area (Å²) in [5.41, 5.74) is 0.0299. The number of urea groups is 1. The van der Waals surface area contributed by atoms with Gasteiger partial charge in [-0.1, -0.05) is 37.9 Å². The Balaban J connectivity index is 1.66. The lowest BCUT2D eigenvalue weighted by atomic mass is 10.0. The van der Waals surface area contributed by atoms with Gasteiger partial charge in [0.25, 0.3) is 5.91 Å². The Morgan fingerprint density at radius 3 is 2.38 bits per heavy atom. The molecule has 0 saturated carbocycles. The van der Waals surface area contributed by atoms with Crippen molar-refractivity contribution in [3.8, 4) is 0 Å². The number of alkyl halides is 3. The number of aliphatic hydroxyl groups is 1. The summed E-state index contributed by atoms with van der Waals surface area (Å²) in [5.74, 6) is -3.61. The Morgan fingerprint density at radius 2 is 1.76 bits per heavy atom. The Hall–Kier alpha value is -3.16. The number of hydrogen-bond acceptors (Lipinski definition) is 5. The average Bonchev–Trinajstić information content (AvgIpc) is 2.95. The molecule has 1 heterocycles. The molecule has 0 unspecified atom stereocenters. The maximum atomic E-state index is 15.0. The first-order valence-corrected chi connectivity index (χ1v) is 14.0. The Labute approximate surface area is 246 Å². The summed E-state index contributed by atoms with van der Waals surface area (Å²) in [7, 11) is 0. The van der Waals surface area contributed by atoms with Gasteiger partial charge in [0.1, 0.15) is 0 Å². The van der Waals surface area contributed by atoms with Crippen LogP contribution in [0.1, 0.15) is 42.6 Å². The van der Waals surface area contributed by atoms with E-state index in [9.17, 15) is 36.6 Å². The summed E-state index contributed by atoms with van der Waals surface area (Å²) >= 11 is 6.16. The van der Waals surface area contributed by atoms with Crippen LogP contribution in [0.15, 0.2) is 30.3 Å². The minimum atomic E-state index is -4.24. The van der Waals surface area contributed by atoms with Crippen molar-refractivity contribution in [3.63, 3.8) is 0 Å². The second kappa shape index (κ2) is 14.8. The van der Waals surface area contributed by atoms with E-state index >= 15 is 0 Å². The largest absolute Gasteiger partial charge is 0.394 e. The van der Waals surface area contributed by atoms with Crippen molar-refractivity contribution in [1.82, 2.24) is 15.5 Å². The Bertz CT molecular complexity index is 1240. The third kappa shape index (κ3) is 9.17. The number of aliphatic hydroxyl groups excluding tert-OH is 1. The minimum Gasteiger partial charge on any atom is -0.394 e. The number of nitrogens with one attached hydrogen (secondary N) is 3. The number of amides is 3. The zero-order valence-electron chi connectivity index (χ0n) is 23.3. The summed E-state index contributed by atoms with van der Waals surface area (Å²) < 4.78 is 67.5. The van der Waals surface area contributed by atoms with Gasteiger partial charge in [0, 0.05) is 49.9 Å². The zero-order valence-corrected chi connectivity index (χ0v) is 24.1. The van der Waals surface area contributed by atoms with E-state index in [2.05, 4.69) is 16.0 Å². The smallest absolute Gasteiger partial charge is 0.390 e. The number of benzene rings is 2. The van der Waals surface area contributed by atoms with Gasteiger partial charge in [0.15, 0.2) is 11.6 Å². The molecule has 3 amide bonds. The molecular weight excluding hydrogens is 585 g/mol. The maximum absolute atomic E-state index is 15.0. The fourth-order valence-corrected chi connectivity index (χ4v) is 4.67. The van der Waals surface area contributed by atoms with E-state index in [1.165, 1.54) is 18.2 Å². The highest BCUT2D eigenvalue weighted by Crippen LogP contribution is 2.31. The molecule has 2 atom stereocenters. The van der Waals surface area contributed by atoms with Crippen LogP contribution in [0.5, 0.6) is 0 Å². The fourth-order valence-electron chi connectivity index (χ4n) is 4.51. The molecule has 3 rings (SSSR count). The number of rotatable bonds is 11. The summed E-state index contributed by atoms with van der Waals surface area (Å²) in [4.78, 5) is 28.7. The SMILES string of the molecule is CC[C@H](C)[C@@H](CO)NC(=O)NCc1ccc(C(=O)Nc2ccc(Cl)cc2N2CCN(CCC(F)(F)F)CC2)c(F)c1F. The molecule has 232 valence electrons. The lowest BCUT2D eigenvalue weighted by molar-refractivity contribution is -0.138. The first-order valence-electron chi connectivity index (χ1n) is 13.6. The molecule has 1 aliphatic rings. The van der Waals surface area contributed by atoms with Crippen LogP contribution in [0.3, 0.4) is 0 Å². The van der Waals surface area contributed by atoms with Gasteiger partial charge >= 0.3 is 12.2 Å². The molecule has 0 aromatic heterocycles. The number of carbonyl (C=O) groups excluding carboxylic acids is 2. The quantitative estimate of drug-likeness (QED) is 0.261. The molecule has 42 heavy (non-hydrogen) atoms. The number of carbonyl (C=O) groups is 2. The van der Waals surface area contributed by atoms with Crippen LogP contribution < -0.4 is 20.9 Å². The van der Waals surface area contributed by atoms with Crippen LogP contribution in [0.25, 0.3) is 0 Å². The molecule has 0 bridgehead atoms. The van der Waals surface area contributed by atoms with Crippen molar-refractivity contribution in [3.05, 3.63) is 58.1 Å². The monoisotopic (exact) mass is 619 g/mol. The van der Waals surface area contributed by atoms with Crippen molar-refractivity contribution in [1.29, 1.82) is 0 Å². The highest BCUT2D eigenvalue weighted by atomic mass is 35.5. The summed E-state index contributed by atoms with van der Waals surface area (Å²) in [5, 5.41) is 17.4. The molecule has 1 fully saturated rings. The van der Waals surface area contributed by atoms with E-state index in [4.69, 9.17) is 11.6 Å². The third-order valence-corrected chi connectivity index (χ3v) is 7.56. The summed E-state index contributed by atoms with van der Waals surface area (Å²) in [6, 6.07) is 5.74. The molecule has 0 aliphatic carbocycles. The van der Waals surface area contributed by atoms with Gasteiger partial charge in [-0.25, -0.2) is 13.6 Å². The first kappa shape index (κ1) is 33.3. The fraction of sp³-hybridized carbons (Fsp3) is 0.500. The Kier molecular flexibility index (Phi) is 11.8. The van der Waals surface area contributed by atoms with E-state index in [-0.39, 0.29) is 36.9 Å². The predicted molar refractivity (Wildman–Crippen MR) is 151 cm³/mol. The number of hydrogen-bond donors (Lipinski definition) is 4. The van der Waals surface area contributed by atoms with Crippen LogP contribution in [-0.2, 0) is 6.54 Å². The summed E-state index contributed by atoms with van der Waals surface area (Å²) in [6.07, 6.45) is -4.43. The van der Waals surface area contributed by atoms with Crippen LogP contribution >= 0.6 is 11.6 Å². The molecule has 14 heteroatoms. The van der Waals surface area contributed by atoms with E-state index < -0.39 is 47.8 Å². The molecular formula is C28H35ClF5N5O3. The lowest BCUT2D eigenvalue weighted by Gasteiger charge is -2.37. The van der Waals surface area contributed by atoms with Gasteiger partial charge in [-0.05, 0) is 30.2 Å². The third-order valence-electron chi connectivity index (χ3n) is 7.32. The zero-order chi connectivity index (χ0) is 31.0. The van der Waals surface area contributed by atoms with E-state index in [1.807, 2.05) is 18.7 Å². The van der Waals surface area contributed by atoms with E-state index in [1.54, 1.807) is 11.0 Å². The van der Waals surface area contributed by atoms with Crippen molar-refractivity contribution < 1.29 is 36.6 Å². The van der Waals surface area contributed by atoms with Crippen molar-refractivity contribution in [2.75, 3.05) is 49.5 Å². The van der Waals surface area contributed by atoms with Crippen molar-refractivity contribution >= 4 is 34.9 Å². The van der Waals surface area contributed by atoms with Gasteiger partial charge in [-0.3, -0.25) is 9.69 Å². The lowest BCUT2D eigenvalue weighted by Crippen LogP contribution is -2.47. The van der Waals surface area contributed by atoms with E-state index in [0.29, 0.717) is 43.3 Å². The normalized spacial score (nSPS) is 15.7. The molecule has 2 aromatic carbocycles. The first-order chi connectivity index (χ1) is 19.8. The highest BCUT2D eigenvalue weighted by molar-refractivity contribution is 6.31. The average molecular weight is 620 g/mol. The molecule has 0 radical (unpaired) electrons. The van der Waals surface area contributed by atoms with Gasteiger partial charge < -0.3 is 26.0 Å². The topological polar surface area (TPSA) is 96.9 Å². The number of nitrogens with zero attached hydrogens (tertiary/aromatic N) is 2. The molecule has 8 nitrogen and oxygen atoms in total. The number of anilines is 2. The molecule has 4 N–H and O–H groups in total. The van der Waals surface area contributed by atoms with Gasteiger partial charge in [-0.2, -0.15) is 13.2 Å². The van der Waals surface area contributed by atoms with Crippen LogP contribution in [0.2, 0.25) is 5.02 Å². The second-order valence-electron chi connectivity index (χ2n) is 10.2. The number of piperazine rings is 1. The van der Waals surface area contributed by atoms with Gasteiger partial charge in [-0.15, -0.1) is 0 Å². The minimum absolute atomic E-state index is 0.00163. The van der Waals surface area contributed by atoms with Crippen LogP contribution in [0, 0.1) is 17.6 Å². The van der Waals surface area contributed by atoms with E-state index in [0.717, 1.165) is 6.07 Å². The van der Waals surface area contributed by atoms with Gasteiger partial charge in [0.2, 0.25) is 0 Å². The molecule has 0 spiro atoms. The summed E-state index contributed by atoms with van der Waals surface area (Å²) in [6.45, 7) is 4.49. The maximum Gasteiger partial charge on any atom is 0.390 e. The Morgan fingerprint density at radius 1 is 1.07 bits per heavy atom. The van der Waals surface area contributed by atoms with Crippen LogP contribution in [-0.4, -0.2) is 73.5 Å². The highest BCUT2D eigenvalue weighted by Gasteiger charge is 2.29. The van der Waals surface area contributed by atoms with Crippen molar-refractivity contribution in [2.24, 2.45) is 5.92 Å². The second-order valence-corrected chi connectivity index (χ2v) is 10.6. The molecule has 1 aliphatic heterocycles. The predicted octanol–water partition coefficient (Wildman–Crippen LogP) is 5.15. The molecule has 1 saturated heterocycles.